The van der Waals surface area contributed by atoms with E-state index in [4.69, 9.17) is 48.1 Å². The highest BCUT2D eigenvalue weighted by atomic mass is 16.5. The molecule has 5 N–H and O–H groups in total. The van der Waals surface area contributed by atoms with Gasteiger partial charge in [0.1, 0.15) is 125 Å². The third-order valence-corrected chi connectivity index (χ3v) is 16.3. The number of hydrogen-bond donors (Lipinski definition) is 5. The lowest BCUT2D eigenvalue weighted by atomic mass is 10.0. The Balaban J connectivity index is 0.000000203. The van der Waals surface area contributed by atoms with E-state index in [0.29, 0.717) is 65.3 Å². The van der Waals surface area contributed by atoms with Crippen molar-refractivity contribution in [1.29, 1.82) is 0 Å². The van der Waals surface area contributed by atoms with E-state index in [0.717, 1.165) is 75.4 Å². The summed E-state index contributed by atoms with van der Waals surface area (Å²) in [7, 11) is 5.01. The van der Waals surface area contributed by atoms with Gasteiger partial charge in [0.2, 0.25) is 0 Å². The van der Waals surface area contributed by atoms with Crippen molar-refractivity contribution in [3.8, 4) is 57.5 Å². The average molecular weight is 1530 g/mol. The Kier molecular flexibility index (Phi) is 33.1. The number of Topliss-reactive ketones (excluding diaryl/α,β-unsaturated/α-hetero) is 2. The van der Waals surface area contributed by atoms with Crippen molar-refractivity contribution in [3.63, 3.8) is 0 Å². The Morgan fingerprint density at radius 1 is 0.265 bits per heavy atom. The number of allylic oxidation sites excluding steroid dienone is 2. The van der Waals surface area contributed by atoms with Crippen LogP contribution >= 0.6 is 0 Å². The van der Waals surface area contributed by atoms with Gasteiger partial charge in [-0.3, -0.25) is 9.59 Å². The number of methoxy groups -OCH3 is 4. The van der Waals surface area contributed by atoms with Crippen LogP contribution in [0.1, 0.15) is 145 Å². The minimum absolute atomic E-state index is 0.0341. The zero-order valence-electron chi connectivity index (χ0n) is 63.5. The number of ether oxygens (including phenoxy) is 10. The maximum absolute atomic E-state index is 12.3. The number of hydrogen-bond acceptors (Lipinski definition) is 21. The van der Waals surface area contributed by atoms with Gasteiger partial charge in [-0.25, -0.2) is 24.0 Å². The second kappa shape index (κ2) is 43.6. The number of carbonyl (C=O) groups is 7. The van der Waals surface area contributed by atoms with Gasteiger partial charge in [-0.05, 0) is 109 Å². The van der Waals surface area contributed by atoms with E-state index in [2.05, 4.69) is 22.6 Å². The van der Waals surface area contributed by atoms with Gasteiger partial charge < -0.3 is 72.9 Å². The lowest BCUT2D eigenvalue weighted by molar-refractivity contribution is 0.0586. The van der Waals surface area contributed by atoms with Gasteiger partial charge in [0.05, 0.1) is 39.6 Å². The van der Waals surface area contributed by atoms with E-state index in [-0.39, 0.29) is 76.4 Å². The molecule has 22 heteroatoms. The first-order valence-corrected chi connectivity index (χ1v) is 34.9. The van der Waals surface area contributed by atoms with Gasteiger partial charge in [-0.15, -0.1) is 0 Å². The smallest absolute Gasteiger partial charge is 0.341 e. The number of phenols is 4. The van der Waals surface area contributed by atoms with Crippen molar-refractivity contribution in [1.82, 2.24) is 0 Å². The molecule has 0 aliphatic rings. The van der Waals surface area contributed by atoms with E-state index >= 15 is 0 Å². The molecule has 0 bridgehead atoms. The molecule has 0 unspecified atom stereocenters. The van der Waals surface area contributed by atoms with E-state index < -0.39 is 41.4 Å². The SMILES string of the molecule is C=C(C)c1cc(C(=O)O)c(OCc2ccccc2)cc1OCc1ccccc1.C=C(C)c1cc(C(=O)OC)c(OCc2ccccc2)cc1OCc1ccccc1.COC(=O)c1cc(C(C)=O)c(O)cc1O.COC(=O)c1cc(C(C)=O)c(OCc2ccccc2)cc1OCc1ccccc1.COC(=O)c1ccc(O)cc1O. The lowest BCUT2D eigenvalue weighted by Crippen LogP contribution is -2.10. The second-order valence-corrected chi connectivity index (χ2v) is 24.7. The summed E-state index contributed by atoms with van der Waals surface area (Å²) in [6.45, 7) is 16.2. The third kappa shape index (κ3) is 26.2. The van der Waals surface area contributed by atoms with Crippen molar-refractivity contribution in [2.75, 3.05) is 28.4 Å². The fourth-order valence-corrected chi connectivity index (χ4v) is 10.4. The Morgan fingerprint density at radius 3 is 0.788 bits per heavy atom. The van der Waals surface area contributed by atoms with Crippen molar-refractivity contribution in [2.45, 2.75) is 67.3 Å². The van der Waals surface area contributed by atoms with Crippen molar-refractivity contribution in [3.05, 3.63) is 345 Å². The topological polar surface area (TPSA) is 313 Å². The highest BCUT2D eigenvalue weighted by Gasteiger charge is 2.24. The highest BCUT2D eigenvalue weighted by Crippen LogP contribution is 2.38. The predicted octanol–water partition coefficient (Wildman–Crippen LogP) is 18.0. The summed E-state index contributed by atoms with van der Waals surface area (Å²) in [4.78, 5) is 81.6. The van der Waals surface area contributed by atoms with Gasteiger partial charge in [0.25, 0.3) is 0 Å². The molecule has 0 aliphatic carbocycles. The number of phenolic OH excluding ortho intramolecular Hbond substituents is 4. The standard InChI is InChI=1S/C25H24O4.C24H22O5.C24H22O4.C10H10O5.C8H8O4/c1-18(2)21-14-22(25(26)27-3)24(29-17-20-12-8-5-9-13-20)15-23(21)28-16-19-10-6-4-7-11-19;1-17(25)20-13-21(24(26)27-2)23(29-16-19-11-7-4-8-12-19)14-22(20)28-15-18-9-5-3-6-10-18;1-17(2)20-13-21(24(25)26)23(28-16-19-11-7-4-8-12-19)14-22(20)27-15-18-9-5-3-6-10-18;1-5(11)6-3-7(10(14)15-2)9(13)4-8(6)12;1-12-8(11)6-3-2-5(9)4-7(6)10/h4-15H,1,16-17H2,2-3H3;3-14H,15-16H2,1-2H3;3-14H,1,15-16H2,2H3,(H,25,26);3-4,12-13H,1-2H3;2-4,9-10H,1H3. The van der Waals surface area contributed by atoms with Crippen LogP contribution in [0.3, 0.4) is 0 Å². The van der Waals surface area contributed by atoms with E-state index in [1.807, 2.05) is 196 Å². The molecule has 11 rings (SSSR count). The van der Waals surface area contributed by atoms with Crippen molar-refractivity contribution < 1.29 is 106 Å². The van der Waals surface area contributed by atoms with Gasteiger partial charge in [0.15, 0.2) is 11.6 Å². The van der Waals surface area contributed by atoms with E-state index in [1.165, 1.54) is 53.4 Å². The highest BCUT2D eigenvalue weighted by molar-refractivity contribution is 6.03. The quantitative estimate of drug-likeness (QED) is 0.0181. The molecule has 0 spiro atoms. The Labute approximate surface area is 654 Å². The number of carboxylic acid groups (broad SMARTS) is 1. The molecular formula is C91H86O22. The Hall–Kier alpha value is -14.4. The van der Waals surface area contributed by atoms with Crippen molar-refractivity contribution in [2.24, 2.45) is 0 Å². The molecule has 22 nitrogen and oxygen atoms in total. The number of aromatic carboxylic acids is 1. The lowest BCUT2D eigenvalue weighted by Gasteiger charge is -2.17. The summed E-state index contributed by atoms with van der Waals surface area (Å²) in [6.07, 6.45) is 0. The molecule has 0 fully saturated rings. The largest absolute Gasteiger partial charge is 0.508 e. The fraction of sp³-hybridized carbons (Fsp3) is 0.154. The molecule has 0 saturated heterocycles. The van der Waals surface area contributed by atoms with Crippen LogP contribution in [0, 0.1) is 0 Å². The summed E-state index contributed by atoms with van der Waals surface area (Å²) >= 11 is 0. The average Bonchev–Trinajstić information content (AvgIpc) is 0.821. The number of carbonyl (C=O) groups excluding carboxylic acids is 6. The zero-order chi connectivity index (χ0) is 81.9. The molecule has 0 atom stereocenters. The van der Waals surface area contributed by atoms with Gasteiger partial charge >= 0.3 is 29.8 Å². The number of rotatable bonds is 27. The molecule has 11 aromatic rings. The van der Waals surface area contributed by atoms with Crippen LogP contribution in [0.25, 0.3) is 11.1 Å². The first-order chi connectivity index (χ1) is 54.3. The van der Waals surface area contributed by atoms with Crippen LogP contribution < -0.4 is 28.4 Å². The van der Waals surface area contributed by atoms with Gasteiger partial charge in [0, 0.05) is 41.5 Å². The number of benzene rings is 11. The van der Waals surface area contributed by atoms with Crippen LogP contribution in [0.15, 0.2) is 262 Å². The maximum Gasteiger partial charge on any atom is 0.341 e. The van der Waals surface area contributed by atoms with Gasteiger partial charge in [-0.1, -0.05) is 195 Å². The molecule has 11 aromatic carbocycles. The van der Waals surface area contributed by atoms with Crippen LogP contribution in [-0.2, 0) is 58.6 Å². The van der Waals surface area contributed by atoms with Gasteiger partial charge in [-0.2, -0.15) is 0 Å². The van der Waals surface area contributed by atoms with Crippen LogP contribution in [-0.4, -0.2) is 95.4 Å². The molecule has 0 aliphatic heterocycles. The molecular weight excluding hydrogens is 1440 g/mol. The van der Waals surface area contributed by atoms with Crippen LogP contribution in [0.5, 0.6) is 57.5 Å². The fourth-order valence-electron chi connectivity index (χ4n) is 10.4. The molecule has 0 heterocycles. The summed E-state index contributed by atoms with van der Waals surface area (Å²) in [5.74, 6) is -2.81. The van der Waals surface area contributed by atoms with Crippen molar-refractivity contribution >= 4 is 52.6 Å². The molecule has 582 valence electrons. The summed E-state index contributed by atoms with van der Waals surface area (Å²) in [6, 6.07) is 73.6. The number of carboxylic acids is 1. The minimum atomic E-state index is -1.06. The van der Waals surface area contributed by atoms with Crippen LogP contribution in [0.4, 0.5) is 0 Å². The summed E-state index contributed by atoms with van der Waals surface area (Å²) in [5.41, 5.74) is 9.59. The molecule has 113 heavy (non-hydrogen) atoms. The monoisotopic (exact) mass is 1530 g/mol. The second-order valence-electron chi connectivity index (χ2n) is 24.7. The number of ketones is 2. The third-order valence-electron chi connectivity index (χ3n) is 16.3. The normalized spacial score (nSPS) is 10.1. The summed E-state index contributed by atoms with van der Waals surface area (Å²) < 4.78 is 54.2. The van der Waals surface area contributed by atoms with Crippen LogP contribution in [0.2, 0.25) is 0 Å². The first-order valence-electron chi connectivity index (χ1n) is 34.9. The zero-order valence-corrected chi connectivity index (χ0v) is 63.5. The maximum atomic E-state index is 12.3. The minimum Gasteiger partial charge on any atom is -0.508 e. The van der Waals surface area contributed by atoms with E-state index in [1.54, 1.807) is 30.3 Å². The molecule has 0 radical (unpaired) electrons. The molecule has 0 saturated carbocycles. The summed E-state index contributed by atoms with van der Waals surface area (Å²) in [5, 5.41) is 46.3. The predicted molar refractivity (Wildman–Crippen MR) is 425 cm³/mol. The molecule has 0 aromatic heterocycles. The number of esters is 4. The first kappa shape index (κ1) is 85.8. The Bertz CT molecular complexity index is 4830. The Morgan fingerprint density at radius 2 is 0.504 bits per heavy atom. The molecule has 0 amide bonds. The number of aromatic hydroxyl groups is 4. The van der Waals surface area contributed by atoms with E-state index in [9.17, 15) is 48.9 Å².